The van der Waals surface area contributed by atoms with E-state index in [4.69, 9.17) is 19.3 Å². The molecule has 0 bridgehead atoms. The van der Waals surface area contributed by atoms with Crippen molar-refractivity contribution in [3.8, 4) is 17.2 Å². The second-order valence-corrected chi connectivity index (χ2v) is 5.42. The van der Waals surface area contributed by atoms with Gasteiger partial charge >= 0.3 is 5.97 Å². The normalized spacial score (nSPS) is 21.5. The summed E-state index contributed by atoms with van der Waals surface area (Å²) < 4.78 is 16.2. The molecule has 1 aromatic rings. The minimum absolute atomic E-state index is 0.0491. The molecule has 110 valence electrons. The molecule has 7 heteroatoms. The van der Waals surface area contributed by atoms with Crippen LogP contribution in [0.1, 0.15) is 0 Å². The highest BCUT2D eigenvalue weighted by Crippen LogP contribution is 2.37. The number of carboxylic acid groups (broad SMARTS) is 1. The first kappa shape index (κ1) is 14.8. The molecule has 0 spiro atoms. The Kier molecular flexibility index (Phi) is 4.97. The smallest absolute Gasteiger partial charge is 0.321 e. The largest absolute Gasteiger partial charge is 0.493 e. The number of thioether (sulfide) groups is 1. The van der Waals surface area contributed by atoms with Crippen LogP contribution in [-0.2, 0) is 4.79 Å². The Balaban J connectivity index is 1.96. The lowest BCUT2D eigenvalue weighted by atomic mass is 10.3. The van der Waals surface area contributed by atoms with Crippen LogP contribution in [0, 0.1) is 0 Å². The first-order valence-corrected chi connectivity index (χ1v) is 7.14. The van der Waals surface area contributed by atoms with E-state index in [0.717, 1.165) is 0 Å². The number of para-hydroxylation sites is 1. The molecule has 2 atom stereocenters. The molecule has 0 aliphatic carbocycles. The van der Waals surface area contributed by atoms with Crippen LogP contribution in [0.4, 0.5) is 0 Å². The van der Waals surface area contributed by atoms with E-state index in [9.17, 15) is 4.79 Å². The molecule has 0 saturated carbocycles. The van der Waals surface area contributed by atoms with Gasteiger partial charge in [-0.2, -0.15) is 0 Å². The first-order chi connectivity index (χ1) is 9.65. The van der Waals surface area contributed by atoms with E-state index in [1.807, 2.05) is 6.07 Å². The lowest BCUT2D eigenvalue weighted by Gasteiger charge is -2.16. The summed E-state index contributed by atoms with van der Waals surface area (Å²) in [5.41, 5.74) is 0. The molecule has 1 heterocycles. The van der Waals surface area contributed by atoms with Crippen LogP contribution in [0.15, 0.2) is 18.2 Å². The maximum absolute atomic E-state index is 10.9. The van der Waals surface area contributed by atoms with Crippen molar-refractivity contribution in [2.24, 2.45) is 0 Å². The summed E-state index contributed by atoms with van der Waals surface area (Å²) in [7, 11) is 3.11. The van der Waals surface area contributed by atoms with E-state index in [1.54, 1.807) is 26.4 Å². The van der Waals surface area contributed by atoms with Gasteiger partial charge < -0.3 is 19.3 Å². The average molecular weight is 299 g/mol. The highest BCUT2D eigenvalue weighted by atomic mass is 32.2. The SMILES string of the molecule is COc1cccc(OCC2NC(C(=O)O)CS2)c1OC. The minimum Gasteiger partial charge on any atom is -0.493 e. The van der Waals surface area contributed by atoms with Gasteiger partial charge in [-0.15, -0.1) is 11.8 Å². The zero-order chi connectivity index (χ0) is 14.5. The van der Waals surface area contributed by atoms with Crippen molar-refractivity contribution in [1.29, 1.82) is 0 Å². The number of ether oxygens (including phenoxy) is 3. The summed E-state index contributed by atoms with van der Waals surface area (Å²) in [5, 5.41) is 11.9. The standard InChI is InChI=1S/C13H17NO5S/c1-17-9-4-3-5-10(12(9)18-2)19-6-11-14-8(7-20-11)13(15)16/h3-5,8,11,14H,6-7H2,1-2H3,(H,15,16). The van der Waals surface area contributed by atoms with E-state index in [1.165, 1.54) is 11.8 Å². The van der Waals surface area contributed by atoms with Crippen LogP contribution >= 0.6 is 11.8 Å². The highest BCUT2D eigenvalue weighted by molar-refractivity contribution is 8.00. The second-order valence-electron chi connectivity index (χ2n) is 4.18. The van der Waals surface area contributed by atoms with Crippen LogP contribution in [0.3, 0.4) is 0 Å². The number of hydrogen-bond donors (Lipinski definition) is 2. The lowest BCUT2D eigenvalue weighted by Crippen LogP contribution is -2.38. The Morgan fingerprint density at radius 2 is 2.15 bits per heavy atom. The molecular formula is C13H17NO5S. The predicted octanol–water partition coefficient (Wildman–Crippen LogP) is 1.20. The van der Waals surface area contributed by atoms with Crippen molar-refractivity contribution in [2.45, 2.75) is 11.4 Å². The zero-order valence-corrected chi connectivity index (χ0v) is 12.1. The van der Waals surface area contributed by atoms with E-state index in [-0.39, 0.29) is 5.37 Å². The molecule has 2 N–H and O–H groups in total. The second kappa shape index (κ2) is 6.71. The monoisotopic (exact) mass is 299 g/mol. The molecule has 0 radical (unpaired) electrons. The van der Waals surface area contributed by atoms with Gasteiger partial charge in [-0.05, 0) is 12.1 Å². The molecule has 1 fully saturated rings. The molecule has 1 saturated heterocycles. The van der Waals surface area contributed by atoms with E-state index < -0.39 is 12.0 Å². The van der Waals surface area contributed by atoms with Gasteiger partial charge in [0.1, 0.15) is 12.6 Å². The summed E-state index contributed by atoms with van der Waals surface area (Å²) >= 11 is 1.53. The van der Waals surface area contributed by atoms with Gasteiger partial charge in [-0.1, -0.05) is 6.07 Å². The van der Waals surface area contributed by atoms with Gasteiger partial charge in [0.15, 0.2) is 11.5 Å². The summed E-state index contributed by atoms with van der Waals surface area (Å²) in [6.45, 7) is 0.359. The number of rotatable bonds is 6. The molecule has 0 aromatic heterocycles. The molecule has 2 unspecified atom stereocenters. The van der Waals surface area contributed by atoms with Gasteiger partial charge in [0.05, 0.1) is 19.6 Å². The number of hydrogen-bond acceptors (Lipinski definition) is 6. The van der Waals surface area contributed by atoms with Gasteiger partial charge in [0.25, 0.3) is 0 Å². The van der Waals surface area contributed by atoms with Crippen molar-refractivity contribution in [1.82, 2.24) is 5.32 Å². The fourth-order valence-electron chi connectivity index (χ4n) is 1.91. The van der Waals surface area contributed by atoms with Crippen molar-refractivity contribution in [3.63, 3.8) is 0 Å². The van der Waals surface area contributed by atoms with Gasteiger partial charge in [0, 0.05) is 5.75 Å². The summed E-state index contributed by atoms with van der Waals surface area (Å²) in [4.78, 5) is 10.9. The van der Waals surface area contributed by atoms with Crippen molar-refractivity contribution in [2.75, 3.05) is 26.6 Å². The highest BCUT2D eigenvalue weighted by Gasteiger charge is 2.29. The average Bonchev–Trinajstić information content (AvgIpc) is 2.93. The number of carboxylic acids is 1. The molecule has 0 amide bonds. The van der Waals surface area contributed by atoms with Crippen molar-refractivity contribution < 1.29 is 24.1 Å². The van der Waals surface area contributed by atoms with Gasteiger partial charge in [0.2, 0.25) is 5.75 Å². The fourth-order valence-corrected chi connectivity index (χ4v) is 3.00. The Morgan fingerprint density at radius 3 is 2.75 bits per heavy atom. The van der Waals surface area contributed by atoms with Crippen LogP contribution < -0.4 is 19.5 Å². The minimum atomic E-state index is -0.834. The predicted molar refractivity (Wildman–Crippen MR) is 75.8 cm³/mol. The van der Waals surface area contributed by atoms with Gasteiger partial charge in [-0.25, -0.2) is 0 Å². The Labute approximate surface area is 121 Å². The van der Waals surface area contributed by atoms with E-state index in [2.05, 4.69) is 5.32 Å². The third-order valence-corrected chi connectivity index (χ3v) is 4.11. The van der Waals surface area contributed by atoms with E-state index in [0.29, 0.717) is 29.6 Å². The number of aliphatic carboxylic acids is 1. The van der Waals surface area contributed by atoms with Crippen molar-refractivity contribution >= 4 is 17.7 Å². The van der Waals surface area contributed by atoms with Crippen molar-refractivity contribution in [3.05, 3.63) is 18.2 Å². The summed E-state index contributed by atoms with van der Waals surface area (Å²) in [6.07, 6.45) is 0. The van der Waals surface area contributed by atoms with Crippen LogP contribution in [0.5, 0.6) is 17.2 Å². The molecule has 20 heavy (non-hydrogen) atoms. The first-order valence-electron chi connectivity index (χ1n) is 6.10. The fraction of sp³-hybridized carbons (Fsp3) is 0.462. The van der Waals surface area contributed by atoms with Crippen LogP contribution in [0.25, 0.3) is 0 Å². The quantitative estimate of drug-likeness (QED) is 0.817. The summed E-state index contributed by atoms with van der Waals surface area (Å²) in [6, 6.07) is 4.87. The Bertz CT molecular complexity index is 482. The Morgan fingerprint density at radius 1 is 1.40 bits per heavy atom. The maximum atomic E-state index is 10.9. The maximum Gasteiger partial charge on any atom is 0.321 e. The van der Waals surface area contributed by atoms with E-state index >= 15 is 0 Å². The van der Waals surface area contributed by atoms with Crippen LogP contribution in [-0.4, -0.2) is 49.1 Å². The number of carbonyl (C=O) groups is 1. The van der Waals surface area contributed by atoms with Gasteiger partial charge in [-0.3, -0.25) is 10.1 Å². The molecule has 1 aliphatic heterocycles. The molecule has 2 rings (SSSR count). The summed E-state index contributed by atoms with van der Waals surface area (Å²) in [5.74, 6) is 1.42. The van der Waals surface area contributed by atoms with Crippen LogP contribution in [0.2, 0.25) is 0 Å². The number of benzene rings is 1. The molecule has 1 aliphatic rings. The molecule has 1 aromatic carbocycles. The third-order valence-electron chi connectivity index (χ3n) is 2.91. The zero-order valence-electron chi connectivity index (χ0n) is 11.3. The molecule has 6 nitrogen and oxygen atoms in total. The molecular weight excluding hydrogens is 282 g/mol. The lowest BCUT2D eigenvalue weighted by molar-refractivity contribution is -0.138. The topological polar surface area (TPSA) is 77.0 Å². The number of methoxy groups -OCH3 is 2. The number of nitrogens with one attached hydrogen (secondary N) is 1. The Hall–Kier alpha value is -1.60. The third kappa shape index (κ3) is 3.29.